The molecule has 6 nitrogen and oxygen atoms in total. The van der Waals surface area contributed by atoms with Crippen LogP contribution in [0.5, 0.6) is 0 Å². The summed E-state index contributed by atoms with van der Waals surface area (Å²) in [4.78, 5) is 22.8. The van der Waals surface area contributed by atoms with E-state index in [-0.39, 0.29) is 0 Å². The number of alkyl halides is 2. The van der Waals surface area contributed by atoms with Gasteiger partial charge in [0.1, 0.15) is 0 Å². The van der Waals surface area contributed by atoms with Gasteiger partial charge in [-0.1, -0.05) is 0 Å². The summed E-state index contributed by atoms with van der Waals surface area (Å²) < 4.78 is 43.0. The van der Waals surface area contributed by atoms with Crippen molar-refractivity contribution in [3.63, 3.8) is 0 Å². The molecule has 10 heteroatoms. The van der Waals surface area contributed by atoms with E-state index in [0.29, 0.717) is 0 Å². The van der Waals surface area contributed by atoms with E-state index in [1.165, 1.54) is 0 Å². The zero-order valence-electron chi connectivity index (χ0n) is 5.79. The Labute approximate surface area is 67.3 Å². The van der Waals surface area contributed by atoms with Crippen molar-refractivity contribution in [1.29, 1.82) is 0 Å². The third-order valence-electron chi connectivity index (χ3n) is 0.170. The predicted molar refractivity (Wildman–Crippen MR) is 34.9 cm³/mol. The molecule has 1 unspecified atom stereocenters. The van der Waals surface area contributed by atoms with Crippen molar-refractivity contribution in [2.75, 3.05) is 6.66 Å². The quantitative estimate of drug-likeness (QED) is 0.599. The van der Waals surface area contributed by atoms with Gasteiger partial charge in [-0.15, -0.1) is 4.89 Å². The van der Waals surface area contributed by atoms with Crippen LogP contribution in [0.25, 0.3) is 0 Å². The van der Waals surface area contributed by atoms with Crippen molar-refractivity contribution in [2.45, 2.75) is 6.61 Å². The number of rotatable bonds is 2. The lowest BCUT2D eigenvalue weighted by molar-refractivity contribution is -0.0507. The van der Waals surface area contributed by atoms with Gasteiger partial charge in [0.25, 0.3) is 0 Å². The van der Waals surface area contributed by atoms with Crippen LogP contribution >= 0.6 is 15.9 Å². The molecule has 0 saturated heterocycles. The average Bonchev–Trinajstić information content (AvgIpc) is 1.52. The van der Waals surface area contributed by atoms with E-state index in [4.69, 9.17) is 14.7 Å². The van der Waals surface area contributed by atoms with Crippen molar-refractivity contribution in [2.24, 2.45) is 0 Å². The Kier molecular flexibility index (Phi) is 7.92. The Hall–Kier alpha value is 0.0300. The van der Waals surface area contributed by atoms with Gasteiger partial charge in [0.05, 0.1) is 0 Å². The number of hydrogen-bond acceptors (Lipinski definition) is 3. The molecular weight excluding hydrogens is 220 g/mol. The Morgan fingerprint density at radius 3 is 1.75 bits per heavy atom. The molecule has 0 saturated carbocycles. The molecule has 0 aromatic carbocycles. The van der Waals surface area contributed by atoms with Crippen LogP contribution in [0.1, 0.15) is 0 Å². The maximum Gasteiger partial charge on any atom is 0.700 e. The number of halogens is 2. The van der Waals surface area contributed by atoms with Gasteiger partial charge in [0, 0.05) is 11.2 Å². The zero-order chi connectivity index (χ0) is 10.4. The minimum atomic E-state index is -3.64. The summed E-state index contributed by atoms with van der Waals surface area (Å²) in [5, 5.41) is 0. The second-order valence-electron chi connectivity index (χ2n) is 1.44. The molecule has 1 atom stereocenters. The first kappa shape index (κ1) is 14.5. The third-order valence-corrected chi connectivity index (χ3v) is 0.510. The molecular formula is C2H7F2O6P2+. The van der Waals surface area contributed by atoms with E-state index in [0.717, 1.165) is 6.66 Å². The van der Waals surface area contributed by atoms with Crippen molar-refractivity contribution < 1.29 is 37.1 Å². The molecule has 0 radical (unpaired) electrons. The van der Waals surface area contributed by atoms with Crippen molar-refractivity contribution in [3.8, 4) is 0 Å². The van der Waals surface area contributed by atoms with Gasteiger partial charge in [-0.3, -0.25) is 4.57 Å². The minimum absolute atomic E-state index is 0.854. The minimum Gasteiger partial charge on any atom is -0.325 e. The summed E-state index contributed by atoms with van der Waals surface area (Å²) in [5.41, 5.74) is 0. The first-order chi connectivity index (χ1) is 5.13. The van der Waals surface area contributed by atoms with Crippen LogP contribution in [-0.4, -0.2) is 28.0 Å². The lowest BCUT2D eigenvalue weighted by Crippen LogP contribution is -1.87. The first-order valence-electron chi connectivity index (χ1n) is 2.27. The predicted octanol–water partition coefficient (Wildman–Crippen LogP) is 0.669. The average molecular weight is 227 g/mol. The largest absolute Gasteiger partial charge is 0.700 e. The second-order valence-corrected chi connectivity index (χ2v) is 3.80. The van der Waals surface area contributed by atoms with Gasteiger partial charge in [0.2, 0.25) is 0 Å². The topological polar surface area (TPSA) is 104 Å². The molecule has 0 bridgehead atoms. The van der Waals surface area contributed by atoms with Crippen LogP contribution in [0.3, 0.4) is 0 Å². The summed E-state index contributed by atoms with van der Waals surface area (Å²) in [6.45, 7) is -2.30. The van der Waals surface area contributed by atoms with E-state index in [1.807, 2.05) is 0 Å². The van der Waals surface area contributed by atoms with Crippen LogP contribution in [0.2, 0.25) is 0 Å². The monoisotopic (exact) mass is 227 g/mol. The van der Waals surface area contributed by atoms with Gasteiger partial charge >= 0.3 is 22.5 Å². The van der Waals surface area contributed by atoms with Gasteiger partial charge in [-0.25, -0.2) is 0 Å². The Morgan fingerprint density at radius 2 is 1.75 bits per heavy atom. The molecule has 0 spiro atoms. The van der Waals surface area contributed by atoms with Crippen LogP contribution in [0, 0.1) is 0 Å². The number of hydrogen-bond donors (Lipinski definition) is 3. The zero-order valence-corrected chi connectivity index (χ0v) is 7.58. The summed E-state index contributed by atoms with van der Waals surface area (Å²) in [6, 6.07) is 0. The molecule has 0 aromatic heterocycles. The summed E-state index contributed by atoms with van der Waals surface area (Å²) in [7, 11) is -6.78. The van der Waals surface area contributed by atoms with Crippen LogP contribution in [0.15, 0.2) is 0 Å². The molecule has 0 rings (SSSR count). The fourth-order valence-corrected chi connectivity index (χ4v) is 0.204. The molecule has 3 N–H and O–H groups in total. The first-order valence-corrected chi connectivity index (χ1v) is 5.46. The third kappa shape index (κ3) is 50.4. The summed E-state index contributed by atoms with van der Waals surface area (Å²) in [6.07, 6.45) is 0. The highest BCUT2D eigenvalue weighted by Gasteiger charge is 2.20. The highest BCUT2D eigenvalue weighted by Crippen LogP contribution is 2.26. The fraction of sp³-hybridized carbons (Fsp3) is 1.00. The SMILES string of the molecule is CP(=O)(O)O.O=[P+](O)OC(F)F. The molecule has 12 heavy (non-hydrogen) atoms. The van der Waals surface area contributed by atoms with Crippen LogP contribution in [0.4, 0.5) is 8.78 Å². The molecule has 0 heterocycles. The smallest absolute Gasteiger partial charge is 0.325 e. The lowest BCUT2D eigenvalue weighted by atomic mass is 11.5. The molecule has 0 aliphatic carbocycles. The molecule has 0 fully saturated rings. The second kappa shape index (κ2) is 6.54. The lowest BCUT2D eigenvalue weighted by Gasteiger charge is -1.84. The van der Waals surface area contributed by atoms with E-state index in [9.17, 15) is 17.9 Å². The van der Waals surface area contributed by atoms with Gasteiger partial charge in [-0.2, -0.15) is 8.78 Å². The Bertz CT molecular complexity index is 168. The van der Waals surface area contributed by atoms with Gasteiger partial charge < -0.3 is 9.79 Å². The standard InChI is InChI=1S/CHF2O3P.CH5O3P/c2-1(3)6-7(4)5;1-5(2,3)4/h1H;1H3,(H2,2,3,4)/p+1. The molecule has 0 amide bonds. The van der Waals surface area contributed by atoms with Gasteiger partial charge in [-0.05, 0) is 4.52 Å². The normalized spacial score (nSPS) is 12.1. The fourth-order valence-electron chi connectivity index (χ4n) is 0.0682. The Balaban J connectivity index is 0. The van der Waals surface area contributed by atoms with E-state index >= 15 is 0 Å². The van der Waals surface area contributed by atoms with Crippen molar-refractivity contribution >= 4 is 15.9 Å². The van der Waals surface area contributed by atoms with Gasteiger partial charge in [0.15, 0.2) is 0 Å². The molecule has 0 aliphatic rings. The van der Waals surface area contributed by atoms with Crippen LogP contribution in [-0.2, 0) is 13.7 Å². The van der Waals surface area contributed by atoms with Crippen molar-refractivity contribution in [3.05, 3.63) is 0 Å². The van der Waals surface area contributed by atoms with Crippen molar-refractivity contribution in [1.82, 2.24) is 0 Å². The highest BCUT2D eigenvalue weighted by molar-refractivity contribution is 7.50. The highest BCUT2D eigenvalue weighted by atomic mass is 31.2. The molecule has 0 aromatic rings. The van der Waals surface area contributed by atoms with E-state index in [2.05, 4.69) is 4.52 Å². The summed E-state index contributed by atoms with van der Waals surface area (Å²) in [5.74, 6) is 0. The Morgan fingerprint density at radius 1 is 1.50 bits per heavy atom. The maximum atomic E-state index is 10.7. The maximum absolute atomic E-state index is 10.7. The summed E-state index contributed by atoms with van der Waals surface area (Å²) >= 11 is 0. The molecule has 74 valence electrons. The van der Waals surface area contributed by atoms with E-state index < -0.39 is 22.5 Å². The van der Waals surface area contributed by atoms with E-state index in [1.54, 1.807) is 0 Å². The molecule has 0 aliphatic heterocycles. The van der Waals surface area contributed by atoms with Crippen LogP contribution < -0.4 is 0 Å².